The van der Waals surface area contributed by atoms with Gasteiger partial charge in [-0.1, -0.05) is 6.07 Å². The molecule has 0 bridgehead atoms. The first-order chi connectivity index (χ1) is 9.93. The van der Waals surface area contributed by atoms with Crippen LogP contribution in [0.15, 0.2) is 34.5 Å². The summed E-state index contributed by atoms with van der Waals surface area (Å²) < 4.78 is 26.8. The molecule has 2 aromatic heterocycles. The molecule has 21 heavy (non-hydrogen) atoms. The molecule has 2 rings (SSSR count). The molecule has 7 heteroatoms. The quantitative estimate of drug-likeness (QED) is 0.882. The number of aromatic nitrogens is 1. The van der Waals surface area contributed by atoms with Gasteiger partial charge < -0.3 is 5.32 Å². The maximum absolute atomic E-state index is 12.5. The Bertz CT molecular complexity index is 711. The van der Waals surface area contributed by atoms with E-state index < -0.39 is 10.0 Å². The number of sulfonamides is 1. The van der Waals surface area contributed by atoms with Crippen LogP contribution in [0.4, 0.5) is 0 Å². The third-order valence-corrected chi connectivity index (χ3v) is 6.34. The Morgan fingerprint density at radius 2 is 2.05 bits per heavy atom. The van der Waals surface area contributed by atoms with E-state index in [1.54, 1.807) is 13.1 Å². The Morgan fingerprint density at radius 3 is 2.71 bits per heavy atom. The van der Waals surface area contributed by atoms with Crippen LogP contribution in [-0.2, 0) is 23.1 Å². The number of hydrogen-bond donors (Lipinski definition) is 1. The van der Waals surface area contributed by atoms with E-state index >= 15 is 0 Å². The van der Waals surface area contributed by atoms with Crippen LogP contribution < -0.4 is 5.32 Å². The van der Waals surface area contributed by atoms with Crippen molar-refractivity contribution in [3.05, 3.63) is 46.6 Å². The van der Waals surface area contributed by atoms with E-state index in [-0.39, 0.29) is 6.54 Å². The molecule has 114 valence electrons. The normalized spacial score (nSPS) is 12.0. The third kappa shape index (κ3) is 3.88. The molecule has 0 spiro atoms. The second-order valence-corrected chi connectivity index (χ2v) is 8.22. The van der Waals surface area contributed by atoms with Crippen molar-refractivity contribution in [1.82, 2.24) is 14.6 Å². The molecule has 0 amide bonds. The minimum absolute atomic E-state index is 0.267. The summed E-state index contributed by atoms with van der Waals surface area (Å²) in [6.45, 7) is 2.83. The van der Waals surface area contributed by atoms with Crippen LogP contribution >= 0.6 is 11.3 Å². The van der Waals surface area contributed by atoms with E-state index in [1.807, 2.05) is 38.2 Å². The molecule has 1 N–H and O–H groups in total. The van der Waals surface area contributed by atoms with Gasteiger partial charge in [0.1, 0.15) is 4.21 Å². The van der Waals surface area contributed by atoms with Crippen LogP contribution in [0, 0.1) is 6.92 Å². The Balaban J connectivity index is 2.17. The molecule has 0 radical (unpaired) electrons. The van der Waals surface area contributed by atoms with Gasteiger partial charge in [0, 0.05) is 24.2 Å². The van der Waals surface area contributed by atoms with Gasteiger partial charge in [0.25, 0.3) is 10.0 Å². The lowest BCUT2D eigenvalue weighted by molar-refractivity contribution is 0.463. The fraction of sp³-hybridized carbons (Fsp3) is 0.357. The first-order valence-electron chi connectivity index (χ1n) is 6.55. The fourth-order valence-corrected chi connectivity index (χ4v) is 4.64. The number of hydrogen-bond acceptors (Lipinski definition) is 5. The van der Waals surface area contributed by atoms with Crippen molar-refractivity contribution in [2.75, 3.05) is 14.1 Å². The molecule has 2 aromatic rings. The van der Waals surface area contributed by atoms with E-state index in [1.165, 1.54) is 15.6 Å². The summed E-state index contributed by atoms with van der Waals surface area (Å²) in [5.41, 5.74) is 1.62. The molecule has 0 aliphatic heterocycles. The molecule has 2 heterocycles. The van der Waals surface area contributed by atoms with Crippen molar-refractivity contribution in [3.63, 3.8) is 0 Å². The predicted octanol–water partition coefficient (Wildman–Crippen LogP) is 1.99. The minimum Gasteiger partial charge on any atom is -0.315 e. The van der Waals surface area contributed by atoms with E-state index in [0.717, 1.165) is 16.3 Å². The topological polar surface area (TPSA) is 62.3 Å². The van der Waals surface area contributed by atoms with Crippen molar-refractivity contribution >= 4 is 21.4 Å². The highest BCUT2D eigenvalue weighted by atomic mass is 32.2. The lowest BCUT2D eigenvalue weighted by Gasteiger charge is -2.15. The molecule has 0 unspecified atom stereocenters. The van der Waals surface area contributed by atoms with Gasteiger partial charge in [0.15, 0.2) is 0 Å². The predicted molar refractivity (Wildman–Crippen MR) is 84.7 cm³/mol. The maximum atomic E-state index is 12.5. The molecule has 0 saturated heterocycles. The number of pyridine rings is 1. The Labute approximate surface area is 129 Å². The number of thiophene rings is 1. The van der Waals surface area contributed by atoms with Crippen molar-refractivity contribution in [3.8, 4) is 0 Å². The van der Waals surface area contributed by atoms with E-state index in [4.69, 9.17) is 0 Å². The van der Waals surface area contributed by atoms with Crippen LogP contribution in [0.2, 0.25) is 0 Å². The van der Waals surface area contributed by atoms with Crippen LogP contribution in [0.3, 0.4) is 0 Å². The monoisotopic (exact) mass is 325 g/mol. The first kappa shape index (κ1) is 16.1. The fourth-order valence-electron chi connectivity index (χ4n) is 1.92. The number of nitrogens with one attached hydrogen (secondary N) is 1. The standard InChI is InChI=1S/C14H19N3O2S2/c1-11-5-4-6-12(16-11)10-17(3)21(18,19)14-8-7-13(20-14)9-15-2/h4-8,15H,9-10H2,1-3H3. The van der Waals surface area contributed by atoms with Gasteiger partial charge in [-0.3, -0.25) is 4.98 Å². The average Bonchev–Trinajstić information content (AvgIpc) is 2.88. The molecule has 0 atom stereocenters. The highest BCUT2D eigenvalue weighted by Crippen LogP contribution is 2.25. The van der Waals surface area contributed by atoms with Crippen molar-refractivity contribution in [1.29, 1.82) is 0 Å². The summed E-state index contributed by atoms with van der Waals surface area (Å²) in [6.07, 6.45) is 0. The van der Waals surface area contributed by atoms with Crippen molar-refractivity contribution in [2.45, 2.75) is 24.2 Å². The average molecular weight is 325 g/mol. The highest BCUT2D eigenvalue weighted by Gasteiger charge is 2.23. The number of aryl methyl sites for hydroxylation is 1. The number of nitrogens with zero attached hydrogens (tertiary/aromatic N) is 2. The SMILES string of the molecule is CNCc1ccc(S(=O)(=O)N(C)Cc2cccc(C)n2)s1. The smallest absolute Gasteiger partial charge is 0.252 e. The lowest BCUT2D eigenvalue weighted by atomic mass is 10.3. The van der Waals surface area contributed by atoms with Crippen molar-refractivity contribution < 1.29 is 8.42 Å². The zero-order valence-corrected chi connectivity index (χ0v) is 14.0. The summed E-state index contributed by atoms with van der Waals surface area (Å²) in [5.74, 6) is 0. The first-order valence-corrected chi connectivity index (χ1v) is 8.81. The molecule has 0 saturated carbocycles. The lowest BCUT2D eigenvalue weighted by Crippen LogP contribution is -2.26. The molecular weight excluding hydrogens is 306 g/mol. The highest BCUT2D eigenvalue weighted by molar-refractivity contribution is 7.91. The van der Waals surface area contributed by atoms with Crippen LogP contribution in [0.1, 0.15) is 16.3 Å². The molecule has 0 aliphatic carbocycles. The Hall–Kier alpha value is -1.28. The van der Waals surface area contributed by atoms with Gasteiger partial charge in [-0.25, -0.2) is 8.42 Å². The van der Waals surface area contributed by atoms with Gasteiger partial charge in [-0.05, 0) is 38.2 Å². The maximum Gasteiger partial charge on any atom is 0.252 e. The van der Waals surface area contributed by atoms with E-state index in [0.29, 0.717) is 10.8 Å². The molecular formula is C14H19N3O2S2. The number of rotatable bonds is 6. The zero-order valence-electron chi connectivity index (χ0n) is 12.3. The molecule has 5 nitrogen and oxygen atoms in total. The van der Waals surface area contributed by atoms with E-state index in [2.05, 4.69) is 10.3 Å². The zero-order chi connectivity index (χ0) is 15.5. The summed E-state index contributed by atoms with van der Waals surface area (Å²) in [4.78, 5) is 5.34. The summed E-state index contributed by atoms with van der Waals surface area (Å²) in [7, 11) is -0.0465. The van der Waals surface area contributed by atoms with Gasteiger partial charge in [-0.15, -0.1) is 11.3 Å². The Kier molecular flexibility index (Phi) is 5.10. The largest absolute Gasteiger partial charge is 0.315 e. The van der Waals surface area contributed by atoms with Crippen LogP contribution in [0.25, 0.3) is 0 Å². The van der Waals surface area contributed by atoms with E-state index in [9.17, 15) is 8.42 Å². The minimum atomic E-state index is -3.46. The Morgan fingerprint density at radius 1 is 1.29 bits per heavy atom. The van der Waals surface area contributed by atoms with Gasteiger partial charge >= 0.3 is 0 Å². The van der Waals surface area contributed by atoms with Crippen LogP contribution in [-0.4, -0.2) is 31.8 Å². The summed E-state index contributed by atoms with van der Waals surface area (Å²) >= 11 is 1.29. The summed E-state index contributed by atoms with van der Waals surface area (Å²) in [5, 5.41) is 3.02. The second kappa shape index (κ2) is 6.65. The van der Waals surface area contributed by atoms with Crippen molar-refractivity contribution in [2.24, 2.45) is 0 Å². The summed E-state index contributed by atoms with van der Waals surface area (Å²) in [6, 6.07) is 9.11. The molecule has 0 aromatic carbocycles. The van der Waals surface area contributed by atoms with Gasteiger partial charge in [0.05, 0.1) is 12.2 Å². The molecule has 0 fully saturated rings. The van der Waals surface area contributed by atoms with Crippen LogP contribution in [0.5, 0.6) is 0 Å². The second-order valence-electron chi connectivity index (χ2n) is 4.78. The van der Waals surface area contributed by atoms with Gasteiger partial charge in [0.2, 0.25) is 0 Å². The third-order valence-electron chi connectivity index (χ3n) is 2.98. The molecule has 0 aliphatic rings. The van der Waals surface area contributed by atoms with Gasteiger partial charge in [-0.2, -0.15) is 4.31 Å².